The molecule has 2 fully saturated rings. The van der Waals surface area contributed by atoms with E-state index in [1.165, 1.54) is 40.9 Å². The van der Waals surface area contributed by atoms with Crippen molar-refractivity contribution in [2.75, 3.05) is 49.1 Å². The molecule has 2 atom stereocenters. The number of piperazine rings is 1. The molecule has 3 aromatic rings. The van der Waals surface area contributed by atoms with Crippen LogP contribution in [0.3, 0.4) is 0 Å². The van der Waals surface area contributed by atoms with Crippen LogP contribution in [-0.4, -0.2) is 73.1 Å². The van der Waals surface area contributed by atoms with Gasteiger partial charge in [0.25, 0.3) is 5.91 Å². The number of amides is 2. The lowest BCUT2D eigenvalue weighted by atomic mass is 9.97. The van der Waals surface area contributed by atoms with E-state index >= 15 is 0 Å². The van der Waals surface area contributed by atoms with E-state index < -0.39 is 0 Å². The maximum Gasteiger partial charge on any atom is 0.269 e. The van der Waals surface area contributed by atoms with Crippen LogP contribution < -0.4 is 20.4 Å². The number of nitriles is 1. The Morgan fingerprint density at radius 3 is 2.76 bits per heavy atom. The second-order valence-electron chi connectivity index (χ2n) is 12.5. The number of nitrogens with one attached hydrogen (secondary N) is 2. The fourth-order valence-electron chi connectivity index (χ4n) is 7.27. The molecule has 2 N–H and O–H groups in total. The fourth-order valence-corrected chi connectivity index (χ4v) is 7.27. The van der Waals surface area contributed by atoms with Gasteiger partial charge in [-0.05, 0) is 68.3 Å². The van der Waals surface area contributed by atoms with E-state index in [0.717, 1.165) is 49.3 Å². The number of nitrogens with zero attached hydrogens (tertiary/aromatic N) is 5. The molecule has 0 bridgehead atoms. The van der Waals surface area contributed by atoms with Gasteiger partial charge >= 0.3 is 0 Å². The van der Waals surface area contributed by atoms with Crippen molar-refractivity contribution in [1.82, 2.24) is 20.5 Å². The lowest BCUT2D eigenvalue weighted by molar-refractivity contribution is -0.128. The summed E-state index contributed by atoms with van der Waals surface area (Å²) in [7, 11) is 0. The van der Waals surface area contributed by atoms with E-state index in [0.29, 0.717) is 44.5 Å². The van der Waals surface area contributed by atoms with Crippen LogP contribution in [-0.2, 0) is 17.8 Å². The number of hydrogen-bond acceptors (Lipinski definition) is 7. The van der Waals surface area contributed by atoms with E-state index in [1.54, 1.807) is 4.90 Å². The molecule has 0 aliphatic carbocycles. The highest BCUT2D eigenvalue weighted by molar-refractivity contribution is 5.97. The van der Waals surface area contributed by atoms with Gasteiger partial charge in [-0.1, -0.05) is 43.3 Å². The minimum atomic E-state index is -0.253. The Balaban J connectivity index is 1.31. The highest BCUT2D eigenvalue weighted by Crippen LogP contribution is 2.36. The first-order chi connectivity index (χ1) is 22.0. The molecule has 0 unspecified atom stereocenters. The molecule has 9 heteroatoms. The van der Waals surface area contributed by atoms with Crippen LogP contribution in [0.5, 0.6) is 0 Å². The van der Waals surface area contributed by atoms with Crippen molar-refractivity contribution >= 4 is 34.0 Å². The second-order valence-corrected chi connectivity index (χ2v) is 12.5. The standard InChI is InChI=1S/C36H43N7O2/c1-3-34(44)43-21-20-42(23-28(43)13-16-37)33-22-30(36(45)39-18-14-27-11-4-5-17-38-27)40-31-24-41(19-15-29(31)33)32-12-7-10-26-9-6-8-25(2)35(26)32/h3,6-10,12,22,27-28,38H,1,4-5,11,13-15,17-21,23-24H2,2H3,(H,39,45)/t27-,28+/m1/s1. The Morgan fingerprint density at radius 2 is 1.98 bits per heavy atom. The molecule has 0 spiro atoms. The molecule has 0 radical (unpaired) electrons. The number of aryl methyl sites for hydroxylation is 1. The number of piperidine rings is 1. The van der Waals surface area contributed by atoms with Gasteiger partial charge in [-0.15, -0.1) is 0 Å². The predicted octanol–water partition coefficient (Wildman–Crippen LogP) is 4.48. The van der Waals surface area contributed by atoms with Gasteiger partial charge in [0.15, 0.2) is 0 Å². The van der Waals surface area contributed by atoms with Crippen LogP contribution in [0.15, 0.2) is 55.1 Å². The molecular formula is C36H43N7O2. The molecule has 0 saturated carbocycles. The Morgan fingerprint density at radius 1 is 1.13 bits per heavy atom. The number of rotatable bonds is 8. The molecule has 2 amide bonds. The Kier molecular flexibility index (Phi) is 9.31. The van der Waals surface area contributed by atoms with Crippen LogP contribution in [0.25, 0.3) is 10.8 Å². The Hall–Kier alpha value is -4.42. The number of pyridine rings is 1. The molecule has 3 aliphatic rings. The van der Waals surface area contributed by atoms with Gasteiger partial charge in [0.2, 0.25) is 5.91 Å². The van der Waals surface area contributed by atoms with Crippen molar-refractivity contribution in [2.24, 2.45) is 0 Å². The molecule has 4 heterocycles. The summed E-state index contributed by atoms with van der Waals surface area (Å²) in [5.41, 5.74) is 5.87. The number of benzene rings is 2. The van der Waals surface area contributed by atoms with Gasteiger partial charge in [-0.25, -0.2) is 4.98 Å². The lowest BCUT2D eigenvalue weighted by Gasteiger charge is -2.43. The highest BCUT2D eigenvalue weighted by atomic mass is 16.2. The van der Waals surface area contributed by atoms with Gasteiger partial charge in [-0.3, -0.25) is 9.59 Å². The molecule has 234 valence electrons. The minimum absolute atomic E-state index is 0.153. The summed E-state index contributed by atoms with van der Waals surface area (Å²) >= 11 is 0. The number of anilines is 2. The van der Waals surface area contributed by atoms with Crippen LogP contribution in [0.1, 0.15) is 59.4 Å². The van der Waals surface area contributed by atoms with Gasteiger partial charge in [0, 0.05) is 61.1 Å². The van der Waals surface area contributed by atoms with Crippen molar-refractivity contribution in [2.45, 2.75) is 64.1 Å². The van der Waals surface area contributed by atoms with E-state index in [-0.39, 0.29) is 24.3 Å². The first-order valence-electron chi connectivity index (χ1n) is 16.3. The molecule has 45 heavy (non-hydrogen) atoms. The quantitative estimate of drug-likeness (QED) is 0.365. The van der Waals surface area contributed by atoms with E-state index in [1.807, 2.05) is 6.07 Å². The summed E-state index contributed by atoms with van der Waals surface area (Å²) < 4.78 is 0. The molecule has 3 aliphatic heterocycles. The zero-order valence-corrected chi connectivity index (χ0v) is 26.2. The molecule has 9 nitrogen and oxygen atoms in total. The predicted molar refractivity (Wildman–Crippen MR) is 178 cm³/mol. The van der Waals surface area contributed by atoms with Crippen molar-refractivity contribution < 1.29 is 9.59 Å². The second kappa shape index (κ2) is 13.7. The smallest absolute Gasteiger partial charge is 0.269 e. The van der Waals surface area contributed by atoms with Crippen molar-refractivity contribution in [3.05, 3.63) is 77.6 Å². The number of carbonyl (C=O) groups excluding carboxylic acids is 2. The van der Waals surface area contributed by atoms with Gasteiger partial charge in [0.1, 0.15) is 5.69 Å². The van der Waals surface area contributed by atoms with Crippen LogP contribution in [0.4, 0.5) is 11.4 Å². The van der Waals surface area contributed by atoms with Gasteiger partial charge < -0.3 is 25.3 Å². The first kappa shape index (κ1) is 30.6. The zero-order chi connectivity index (χ0) is 31.3. The number of carbonyl (C=O) groups is 2. The average molecular weight is 606 g/mol. The summed E-state index contributed by atoms with van der Waals surface area (Å²) in [6, 6.07) is 17.2. The van der Waals surface area contributed by atoms with Crippen molar-refractivity contribution in [1.29, 1.82) is 5.26 Å². The Labute approximate surface area is 265 Å². The fraction of sp³-hybridized carbons (Fsp3) is 0.444. The summed E-state index contributed by atoms with van der Waals surface area (Å²) in [6.07, 6.45) is 6.82. The normalized spacial score (nSPS) is 20.0. The number of hydrogen-bond donors (Lipinski definition) is 2. The maximum absolute atomic E-state index is 13.6. The first-order valence-corrected chi connectivity index (χ1v) is 16.3. The SMILES string of the molecule is C=CC(=O)N1CCN(c2cc(C(=O)NCC[C@H]3CCCCN3)nc3c2CCN(c2cccc4cccc(C)c24)C3)C[C@@H]1CC#N. The maximum atomic E-state index is 13.6. The third-order valence-corrected chi connectivity index (χ3v) is 9.62. The van der Waals surface area contributed by atoms with Crippen LogP contribution in [0, 0.1) is 18.3 Å². The van der Waals surface area contributed by atoms with E-state index in [9.17, 15) is 14.9 Å². The van der Waals surface area contributed by atoms with Crippen molar-refractivity contribution in [3.63, 3.8) is 0 Å². The van der Waals surface area contributed by atoms with Crippen LogP contribution >= 0.6 is 0 Å². The van der Waals surface area contributed by atoms with Crippen LogP contribution in [0.2, 0.25) is 0 Å². The largest absolute Gasteiger partial charge is 0.367 e. The average Bonchev–Trinajstić information content (AvgIpc) is 3.07. The third kappa shape index (κ3) is 6.52. The summed E-state index contributed by atoms with van der Waals surface area (Å²) in [5.74, 6) is -0.317. The summed E-state index contributed by atoms with van der Waals surface area (Å²) in [4.78, 5) is 37.5. The number of fused-ring (bicyclic) bond motifs is 2. The van der Waals surface area contributed by atoms with E-state index in [4.69, 9.17) is 4.98 Å². The van der Waals surface area contributed by atoms with Crippen molar-refractivity contribution in [3.8, 4) is 6.07 Å². The van der Waals surface area contributed by atoms with Gasteiger partial charge in [0.05, 0.1) is 30.8 Å². The molecule has 6 rings (SSSR count). The third-order valence-electron chi connectivity index (χ3n) is 9.62. The van der Waals surface area contributed by atoms with Gasteiger partial charge in [-0.2, -0.15) is 5.26 Å². The molecular weight excluding hydrogens is 562 g/mol. The topological polar surface area (TPSA) is 105 Å². The molecule has 1 aromatic heterocycles. The lowest BCUT2D eigenvalue weighted by Crippen LogP contribution is -2.55. The summed E-state index contributed by atoms with van der Waals surface area (Å²) in [6.45, 7) is 10.5. The monoisotopic (exact) mass is 605 g/mol. The minimum Gasteiger partial charge on any atom is -0.367 e. The molecule has 2 aromatic carbocycles. The Bertz CT molecular complexity index is 1620. The molecule has 2 saturated heterocycles. The summed E-state index contributed by atoms with van der Waals surface area (Å²) in [5, 5.41) is 18.7. The highest BCUT2D eigenvalue weighted by Gasteiger charge is 2.33. The van der Waals surface area contributed by atoms with E-state index in [2.05, 4.69) is 76.4 Å². The zero-order valence-electron chi connectivity index (χ0n) is 26.2. The number of aromatic nitrogens is 1.